The summed E-state index contributed by atoms with van der Waals surface area (Å²) in [6.45, 7) is 8.14. The van der Waals surface area contributed by atoms with Gasteiger partial charge in [-0.2, -0.15) is 0 Å². The van der Waals surface area contributed by atoms with Crippen LogP contribution in [0.3, 0.4) is 0 Å². The van der Waals surface area contributed by atoms with Crippen molar-refractivity contribution in [3.63, 3.8) is 0 Å². The van der Waals surface area contributed by atoms with Crippen molar-refractivity contribution in [2.45, 2.75) is 45.4 Å². The lowest BCUT2D eigenvalue weighted by Gasteiger charge is -2.19. The smallest absolute Gasteiger partial charge is 0.137 e. The Labute approximate surface area is 139 Å². The van der Waals surface area contributed by atoms with E-state index in [0.717, 1.165) is 44.0 Å². The molecule has 0 aliphatic heterocycles. The molecule has 0 fully saturated rings. The molecule has 0 amide bonds. The van der Waals surface area contributed by atoms with Crippen molar-refractivity contribution >= 4 is 0 Å². The molecule has 0 atom stereocenters. The quantitative estimate of drug-likeness (QED) is 0.642. The van der Waals surface area contributed by atoms with Gasteiger partial charge in [0.1, 0.15) is 11.5 Å². The van der Waals surface area contributed by atoms with Gasteiger partial charge in [-0.15, -0.1) is 0 Å². The molecule has 3 nitrogen and oxygen atoms in total. The summed E-state index contributed by atoms with van der Waals surface area (Å²) in [6, 6.07) is 12.2. The van der Waals surface area contributed by atoms with Crippen LogP contribution in [0.2, 0.25) is 0 Å². The van der Waals surface area contributed by atoms with Gasteiger partial charge < -0.3 is 9.47 Å². The van der Waals surface area contributed by atoms with Crippen LogP contribution in [0.15, 0.2) is 48.8 Å². The first-order valence-electron chi connectivity index (χ1n) is 8.32. The molecular weight excluding hydrogens is 286 g/mol. The average Bonchev–Trinajstić information content (AvgIpc) is 2.54. The predicted molar refractivity (Wildman–Crippen MR) is 94.2 cm³/mol. The summed E-state index contributed by atoms with van der Waals surface area (Å²) in [5.41, 5.74) is 1.52. The van der Waals surface area contributed by atoms with Gasteiger partial charge in [0.2, 0.25) is 0 Å². The second-order valence-electron chi connectivity index (χ2n) is 6.72. The first-order chi connectivity index (χ1) is 11.1. The molecule has 3 heteroatoms. The Morgan fingerprint density at radius 2 is 1.48 bits per heavy atom. The zero-order valence-corrected chi connectivity index (χ0v) is 14.4. The van der Waals surface area contributed by atoms with Crippen molar-refractivity contribution in [3.05, 3.63) is 54.4 Å². The van der Waals surface area contributed by atoms with Crippen molar-refractivity contribution in [1.82, 2.24) is 4.98 Å². The van der Waals surface area contributed by atoms with E-state index in [-0.39, 0.29) is 5.41 Å². The van der Waals surface area contributed by atoms with E-state index in [4.69, 9.17) is 9.47 Å². The molecule has 0 saturated carbocycles. The van der Waals surface area contributed by atoms with Gasteiger partial charge in [-0.25, -0.2) is 0 Å². The molecule has 0 saturated heterocycles. The van der Waals surface area contributed by atoms with Crippen molar-refractivity contribution < 1.29 is 9.47 Å². The standard InChI is InChI=1S/C20H27NO2/c1-20(2,3)17-9-11-18(12-10-17)22-14-5-4-6-15-23-19-8-7-13-21-16-19/h7-13,16H,4-6,14-15H2,1-3H3. The number of hydrogen-bond donors (Lipinski definition) is 0. The molecule has 1 aromatic carbocycles. The van der Waals surface area contributed by atoms with Crippen molar-refractivity contribution in [3.8, 4) is 11.5 Å². The summed E-state index contributed by atoms with van der Waals surface area (Å²) < 4.78 is 11.4. The fourth-order valence-corrected chi connectivity index (χ4v) is 2.24. The summed E-state index contributed by atoms with van der Waals surface area (Å²) in [5, 5.41) is 0. The molecule has 1 heterocycles. The van der Waals surface area contributed by atoms with Crippen LogP contribution in [0.5, 0.6) is 11.5 Å². The average molecular weight is 313 g/mol. The third-order valence-corrected chi connectivity index (χ3v) is 3.68. The molecule has 0 unspecified atom stereocenters. The number of rotatable bonds is 8. The normalized spacial score (nSPS) is 11.3. The fraction of sp³-hybridized carbons (Fsp3) is 0.450. The number of pyridine rings is 1. The maximum atomic E-state index is 5.79. The molecule has 0 spiro atoms. The van der Waals surface area contributed by atoms with Crippen molar-refractivity contribution in [2.24, 2.45) is 0 Å². The van der Waals surface area contributed by atoms with Crippen molar-refractivity contribution in [1.29, 1.82) is 0 Å². The zero-order chi connectivity index (χ0) is 16.5. The second-order valence-corrected chi connectivity index (χ2v) is 6.72. The lowest BCUT2D eigenvalue weighted by atomic mass is 9.87. The van der Waals surface area contributed by atoms with Gasteiger partial charge in [0.05, 0.1) is 19.4 Å². The molecule has 23 heavy (non-hydrogen) atoms. The number of unbranched alkanes of at least 4 members (excludes halogenated alkanes) is 2. The van der Waals surface area contributed by atoms with Gasteiger partial charge in [-0.3, -0.25) is 4.98 Å². The van der Waals surface area contributed by atoms with E-state index < -0.39 is 0 Å². The minimum atomic E-state index is 0.187. The van der Waals surface area contributed by atoms with Crippen LogP contribution in [0.4, 0.5) is 0 Å². The maximum Gasteiger partial charge on any atom is 0.137 e. The minimum Gasteiger partial charge on any atom is -0.494 e. The summed E-state index contributed by atoms with van der Waals surface area (Å²) in [7, 11) is 0. The van der Waals surface area contributed by atoms with Crippen LogP contribution >= 0.6 is 0 Å². The largest absolute Gasteiger partial charge is 0.494 e. The van der Waals surface area contributed by atoms with E-state index >= 15 is 0 Å². The van der Waals surface area contributed by atoms with Gasteiger partial charge in [0.15, 0.2) is 0 Å². The molecule has 124 valence electrons. The zero-order valence-electron chi connectivity index (χ0n) is 14.4. The Morgan fingerprint density at radius 1 is 0.826 bits per heavy atom. The highest BCUT2D eigenvalue weighted by atomic mass is 16.5. The molecule has 0 radical (unpaired) electrons. The Balaban J connectivity index is 1.57. The highest BCUT2D eigenvalue weighted by Crippen LogP contribution is 2.24. The second kappa shape index (κ2) is 8.56. The van der Waals surface area contributed by atoms with Crippen LogP contribution in [0, 0.1) is 0 Å². The number of hydrogen-bond acceptors (Lipinski definition) is 3. The highest BCUT2D eigenvalue weighted by Gasteiger charge is 2.12. The van der Waals surface area contributed by atoms with Gasteiger partial charge in [-0.1, -0.05) is 32.9 Å². The SMILES string of the molecule is CC(C)(C)c1ccc(OCCCCCOc2cccnc2)cc1. The Hall–Kier alpha value is -2.03. The predicted octanol–water partition coefficient (Wildman–Crippen LogP) is 5.01. The van der Waals surface area contributed by atoms with Crippen LogP contribution in [0.25, 0.3) is 0 Å². The van der Waals surface area contributed by atoms with E-state index in [2.05, 4.69) is 50.0 Å². The molecule has 2 rings (SSSR count). The summed E-state index contributed by atoms with van der Waals surface area (Å²) in [5.74, 6) is 1.78. The van der Waals surface area contributed by atoms with Gasteiger partial charge in [-0.05, 0) is 54.5 Å². The summed E-state index contributed by atoms with van der Waals surface area (Å²) in [6.07, 6.45) is 6.65. The van der Waals surface area contributed by atoms with Crippen LogP contribution in [-0.4, -0.2) is 18.2 Å². The maximum absolute atomic E-state index is 5.79. The summed E-state index contributed by atoms with van der Waals surface area (Å²) >= 11 is 0. The number of benzene rings is 1. The van der Waals surface area contributed by atoms with Crippen LogP contribution in [-0.2, 0) is 5.41 Å². The third-order valence-electron chi connectivity index (χ3n) is 3.68. The van der Waals surface area contributed by atoms with E-state index in [9.17, 15) is 0 Å². The Bertz CT molecular complexity index is 558. The van der Waals surface area contributed by atoms with E-state index in [1.165, 1.54) is 5.56 Å². The van der Waals surface area contributed by atoms with E-state index in [1.807, 2.05) is 12.1 Å². The highest BCUT2D eigenvalue weighted by molar-refractivity contribution is 5.31. The molecule has 0 bridgehead atoms. The first kappa shape index (κ1) is 17.3. The number of nitrogens with zero attached hydrogens (tertiary/aromatic N) is 1. The molecule has 0 N–H and O–H groups in total. The molecular formula is C20H27NO2. The molecule has 0 aliphatic rings. The van der Waals surface area contributed by atoms with E-state index in [0.29, 0.717) is 0 Å². The fourth-order valence-electron chi connectivity index (χ4n) is 2.24. The molecule has 2 aromatic rings. The van der Waals surface area contributed by atoms with Gasteiger partial charge >= 0.3 is 0 Å². The van der Waals surface area contributed by atoms with Gasteiger partial charge in [0.25, 0.3) is 0 Å². The molecule has 0 aliphatic carbocycles. The molecule has 1 aromatic heterocycles. The Kier molecular flexibility index (Phi) is 6.45. The van der Waals surface area contributed by atoms with E-state index in [1.54, 1.807) is 12.4 Å². The number of aromatic nitrogens is 1. The monoisotopic (exact) mass is 313 g/mol. The topological polar surface area (TPSA) is 31.4 Å². The van der Waals surface area contributed by atoms with Crippen LogP contribution in [0.1, 0.15) is 45.6 Å². The lowest BCUT2D eigenvalue weighted by molar-refractivity contribution is 0.279. The van der Waals surface area contributed by atoms with Crippen LogP contribution < -0.4 is 9.47 Å². The van der Waals surface area contributed by atoms with Crippen molar-refractivity contribution in [2.75, 3.05) is 13.2 Å². The first-order valence-corrected chi connectivity index (χ1v) is 8.32. The number of ether oxygens (including phenoxy) is 2. The summed E-state index contributed by atoms with van der Waals surface area (Å²) in [4.78, 5) is 4.02. The lowest BCUT2D eigenvalue weighted by Crippen LogP contribution is -2.10. The Morgan fingerprint density at radius 3 is 2.04 bits per heavy atom. The third kappa shape index (κ3) is 6.31. The van der Waals surface area contributed by atoms with Gasteiger partial charge in [0, 0.05) is 6.20 Å². The minimum absolute atomic E-state index is 0.187.